The van der Waals surface area contributed by atoms with Gasteiger partial charge in [-0.15, -0.1) is 0 Å². The third-order valence-electron chi connectivity index (χ3n) is 1.52. The smallest absolute Gasteiger partial charge is 0.0484 e. The zero-order valence-corrected chi connectivity index (χ0v) is 6.48. The molecule has 0 amide bonds. The Morgan fingerprint density at radius 2 is 2.11 bits per heavy atom. The molecular formula is C8H17O. The van der Waals surface area contributed by atoms with Crippen molar-refractivity contribution in [3.63, 3.8) is 0 Å². The van der Waals surface area contributed by atoms with E-state index in [4.69, 9.17) is 5.11 Å². The van der Waals surface area contributed by atoms with Crippen LogP contribution in [-0.4, -0.2) is 11.7 Å². The Morgan fingerprint density at radius 3 is 2.44 bits per heavy atom. The van der Waals surface area contributed by atoms with E-state index in [1.54, 1.807) is 0 Å². The normalized spacial score (nSPS) is 12.0. The molecule has 0 bridgehead atoms. The Hall–Kier alpha value is -0.0400. The highest BCUT2D eigenvalue weighted by atomic mass is 16.3. The Kier molecular flexibility index (Phi) is 3.87. The number of aliphatic hydroxyl groups excluding tert-OH is 1. The van der Waals surface area contributed by atoms with Crippen LogP contribution >= 0.6 is 0 Å². The molecule has 0 fully saturated rings. The minimum atomic E-state index is -0.101. The average molecular weight is 129 g/mol. The third kappa shape index (κ3) is 4.46. The monoisotopic (exact) mass is 129 g/mol. The van der Waals surface area contributed by atoms with Gasteiger partial charge in [0.2, 0.25) is 0 Å². The number of hydrogen-bond donors (Lipinski definition) is 1. The van der Waals surface area contributed by atoms with E-state index in [2.05, 4.69) is 13.8 Å². The van der Waals surface area contributed by atoms with Crippen molar-refractivity contribution in [2.45, 2.75) is 33.1 Å². The van der Waals surface area contributed by atoms with E-state index in [0.717, 1.165) is 6.42 Å². The maximum Gasteiger partial charge on any atom is 0.0484 e. The minimum absolute atomic E-state index is 0.101. The fraction of sp³-hybridized carbons (Fsp3) is 0.875. The van der Waals surface area contributed by atoms with Crippen LogP contribution in [0.15, 0.2) is 0 Å². The van der Waals surface area contributed by atoms with Crippen LogP contribution in [0.1, 0.15) is 33.1 Å². The maximum atomic E-state index is 8.76. The van der Waals surface area contributed by atoms with Gasteiger partial charge in [0.1, 0.15) is 0 Å². The van der Waals surface area contributed by atoms with E-state index < -0.39 is 0 Å². The average Bonchev–Trinajstić information content (AvgIpc) is 1.84. The SMILES string of the molecule is [CH2]C(C)(CO)CCCC. The van der Waals surface area contributed by atoms with Gasteiger partial charge in [-0.1, -0.05) is 26.7 Å². The molecule has 1 radical (unpaired) electrons. The zero-order valence-electron chi connectivity index (χ0n) is 6.48. The van der Waals surface area contributed by atoms with Gasteiger partial charge in [0, 0.05) is 6.61 Å². The topological polar surface area (TPSA) is 20.2 Å². The summed E-state index contributed by atoms with van der Waals surface area (Å²) in [7, 11) is 0. The summed E-state index contributed by atoms with van der Waals surface area (Å²) in [6.07, 6.45) is 3.38. The fourth-order valence-corrected chi connectivity index (χ4v) is 0.683. The lowest BCUT2D eigenvalue weighted by atomic mass is 9.88. The van der Waals surface area contributed by atoms with Gasteiger partial charge in [-0.25, -0.2) is 0 Å². The standard InChI is InChI=1S/C8H17O/c1-4-5-6-8(2,3)7-9/h9H,2,4-7H2,1,3H3. The summed E-state index contributed by atoms with van der Waals surface area (Å²) in [5.41, 5.74) is -0.101. The first-order chi connectivity index (χ1) is 4.12. The molecule has 1 unspecified atom stereocenters. The lowest BCUT2D eigenvalue weighted by Crippen LogP contribution is -2.16. The number of unbranched alkanes of at least 4 members (excludes halogenated alkanes) is 1. The first-order valence-corrected chi connectivity index (χ1v) is 3.58. The first-order valence-electron chi connectivity index (χ1n) is 3.58. The molecule has 0 aromatic heterocycles. The Balaban J connectivity index is 3.33. The van der Waals surface area contributed by atoms with Gasteiger partial charge >= 0.3 is 0 Å². The van der Waals surface area contributed by atoms with Gasteiger partial charge in [-0.3, -0.25) is 0 Å². The van der Waals surface area contributed by atoms with Gasteiger partial charge in [0.15, 0.2) is 0 Å². The van der Waals surface area contributed by atoms with Crippen LogP contribution in [0.25, 0.3) is 0 Å². The molecule has 1 N–H and O–H groups in total. The van der Waals surface area contributed by atoms with E-state index in [0.29, 0.717) is 0 Å². The first kappa shape index (κ1) is 8.96. The van der Waals surface area contributed by atoms with Crippen LogP contribution in [0.3, 0.4) is 0 Å². The highest BCUT2D eigenvalue weighted by Gasteiger charge is 2.14. The summed E-state index contributed by atoms with van der Waals surface area (Å²) in [4.78, 5) is 0. The van der Waals surface area contributed by atoms with E-state index in [-0.39, 0.29) is 12.0 Å². The predicted octanol–water partition coefficient (Wildman–Crippen LogP) is 2.01. The van der Waals surface area contributed by atoms with Crippen molar-refractivity contribution in [2.24, 2.45) is 5.41 Å². The van der Waals surface area contributed by atoms with Crippen molar-refractivity contribution in [3.05, 3.63) is 6.92 Å². The second-order valence-corrected chi connectivity index (χ2v) is 3.07. The molecule has 9 heavy (non-hydrogen) atoms. The molecule has 0 aliphatic rings. The molecule has 0 aromatic carbocycles. The summed E-state index contributed by atoms with van der Waals surface area (Å²) in [6.45, 7) is 8.21. The van der Waals surface area contributed by atoms with Crippen molar-refractivity contribution < 1.29 is 5.11 Å². The molecule has 0 rings (SSSR count). The summed E-state index contributed by atoms with van der Waals surface area (Å²) in [5, 5.41) is 8.76. The summed E-state index contributed by atoms with van der Waals surface area (Å²) < 4.78 is 0. The maximum absolute atomic E-state index is 8.76. The van der Waals surface area contributed by atoms with Crippen molar-refractivity contribution in [3.8, 4) is 0 Å². The molecule has 0 saturated heterocycles. The number of rotatable bonds is 4. The minimum Gasteiger partial charge on any atom is -0.396 e. The van der Waals surface area contributed by atoms with Crippen LogP contribution in [-0.2, 0) is 0 Å². The quantitative estimate of drug-likeness (QED) is 0.615. The van der Waals surface area contributed by atoms with Crippen molar-refractivity contribution in [1.29, 1.82) is 0 Å². The van der Waals surface area contributed by atoms with Crippen LogP contribution in [0.4, 0.5) is 0 Å². The van der Waals surface area contributed by atoms with Gasteiger partial charge in [-0.05, 0) is 18.8 Å². The van der Waals surface area contributed by atoms with Crippen molar-refractivity contribution in [1.82, 2.24) is 0 Å². The number of aliphatic hydroxyl groups is 1. The van der Waals surface area contributed by atoms with E-state index in [1.807, 2.05) is 6.92 Å². The molecule has 1 atom stereocenters. The summed E-state index contributed by atoms with van der Waals surface area (Å²) in [6, 6.07) is 0. The van der Waals surface area contributed by atoms with Crippen LogP contribution in [0.5, 0.6) is 0 Å². The molecule has 0 heterocycles. The highest BCUT2D eigenvalue weighted by Crippen LogP contribution is 2.20. The lowest BCUT2D eigenvalue weighted by Gasteiger charge is -2.20. The molecule has 0 saturated carbocycles. The van der Waals surface area contributed by atoms with Gasteiger partial charge in [0.05, 0.1) is 0 Å². The fourth-order valence-electron chi connectivity index (χ4n) is 0.683. The molecule has 0 aliphatic carbocycles. The summed E-state index contributed by atoms with van der Waals surface area (Å²) >= 11 is 0. The second-order valence-electron chi connectivity index (χ2n) is 3.07. The van der Waals surface area contributed by atoms with Gasteiger partial charge in [0.25, 0.3) is 0 Å². The van der Waals surface area contributed by atoms with Crippen molar-refractivity contribution >= 4 is 0 Å². The van der Waals surface area contributed by atoms with Gasteiger partial charge in [-0.2, -0.15) is 0 Å². The van der Waals surface area contributed by atoms with Crippen LogP contribution in [0, 0.1) is 12.3 Å². The van der Waals surface area contributed by atoms with Crippen LogP contribution < -0.4 is 0 Å². The largest absolute Gasteiger partial charge is 0.396 e. The molecule has 1 nitrogen and oxygen atoms in total. The van der Waals surface area contributed by atoms with Crippen LogP contribution in [0.2, 0.25) is 0 Å². The molecular weight excluding hydrogens is 112 g/mol. The highest BCUT2D eigenvalue weighted by molar-refractivity contribution is 4.74. The zero-order chi connectivity index (χ0) is 7.33. The molecule has 55 valence electrons. The van der Waals surface area contributed by atoms with E-state index in [1.165, 1.54) is 12.8 Å². The Morgan fingerprint density at radius 1 is 1.56 bits per heavy atom. The lowest BCUT2D eigenvalue weighted by molar-refractivity contribution is 0.170. The third-order valence-corrected chi connectivity index (χ3v) is 1.52. The van der Waals surface area contributed by atoms with E-state index >= 15 is 0 Å². The van der Waals surface area contributed by atoms with E-state index in [9.17, 15) is 0 Å². The Bertz CT molecular complexity index is 67.0. The number of hydrogen-bond acceptors (Lipinski definition) is 1. The predicted molar refractivity (Wildman–Crippen MR) is 40.1 cm³/mol. The molecule has 1 heteroatoms. The summed E-state index contributed by atoms with van der Waals surface area (Å²) in [5.74, 6) is 0. The molecule has 0 aromatic rings. The Labute approximate surface area is 58.1 Å². The molecule has 0 aliphatic heterocycles. The molecule has 0 spiro atoms. The van der Waals surface area contributed by atoms with Gasteiger partial charge < -0.3 is 5.11 Å². The van der Waals surface area contributed by atoms with Crippen molar-refractivity contribution in [2.75, 3.05) is 6.61 Å². The second kappa shape index (κ2) is 3.89.